The van der Waals surface area contributed by atoms with E-state index in [1.165, 1.54) is 11.1 Å². The van der Waals surface area contributed by atoms with Gasteiger partial charge < -0.3 is 15.9 Å². The maximum Gasteiger partial charge on any atom is 0.0580 e. The molecule has 0 aromatic heterocycles. The van der Waals surface area contributed by atoms with Crippen LogP contribution >= 0.6 is 0 Å². The summed E-state index contributed by atoms with van der Waals surface area (Å²) < 4.78 is 0. The molecule has 0 spiro atoms. The van der Waals surface area contributed by atoms with E-state index in [2.05, 4.69) is 65.6 Å². The molecular formula is C25H38N2O2. The number of aliphatic hydroxyl groups excluding tert-OH is 2. The van der Waals surface area contributed by atoms with Crippen molar-refractivity contribution in [3.63, 3.8) is 0 Å². The second kappa shape index (κ2) is 12.1. The van der Waals surface area contributed by atoms with Crippen LogP contribution in [0.2, 0.25) is 0 Å². The van der Waals surface area contributed by atoms with Crippen LogP contribution < -0.4 is 5.73 Å². The second-order valence-corrected chi connectivity index (χ2v) is 8.19. The van der Waals surface area contributed by atoms with Crippen molar-refractivity contribution in [3.8, 4) is 0 Å². The zero-order valence-corrected chi connectivity index (χ0v) is 16.7. The quantitative estimate of drug-likeness (QED) is 0.663. The average Bonchev–Trinajstić information content (AvgIpc) is 2.72. The molecule has 2 fully saturated rings. The van der Waals surface area contributed by atoms with Crippen molar-refractivity contribution in [2.45, 2.75) is 58.4 Å². The molecule has 29 heavy (non-hydrogen) atoms. The summed E-state index contributed by atoms with van der Waals surface area (Å²) in [7, 11) is 0. The highest BCUT2D eigenvalue weighted by molar-refractivity contribution is 5.17. The molecule has 0 heterocycles. The first-order valence-corrected chi connectivity index (χ1v) is 10.5. The molecule has 4 rings (SSSR count). The van der Waals surface area contributed by atoms with Gasteiger partial charge in [-0.15, -0.1) is 0 Å². The maximum absolute atomic E-state index is 9.86. The molecule has 2 saturated carbocycles. The summed E-state index contributed by atoms with van der Waals surface area (Å²) >= 11 is 0. The van der Waals surface area contributed by atoms with Crippen LogP contribution in [0, 0.1) is 11.8 Å². The number of nitrogens with zero attached hydrogens (tertiary/aromatic N) is 1. The Hall–Kier alpha value is -1.72. The van der Waals surface area contributed by atoms with Crippen molar-refractivity contribution in [1.29, 1.82) is 0 Å². The lowest BCUT2D eigenvalue weighted by Gasteiger charge is -2.37. The summed E-state index contributed by atoms with van der Waals surface area (Å²) in [6.45, 7) is 3.52. The fraction of sp³-hybridized carbons (Fsp3) is 0.520. The van der Waals surface area contributed by atoms with Crippen LogP contribution in [0.1, 0.15) is 44.2 Å². The van der Waals surface area contributed by atoms with E-state index in [0.29, 0.717) is 18.4 Å². The van der Waals surface area contributed by atoms with E-state index < -0.39 is 0 Å². The molecule has 4 heteroatoms. The molecule has 160 valence electrons. The van der Waals surface area contributed by atoms with Crippen LogP contribution in [-0.2, 0) is 13.1 Å². The Kier molecular flexibility index (Phi) is 9.82. The van der Waals surface area contributed by atoms with Gasteiger partial charge in [0.1, 0.15) is 0 Å². The monoisotopic (exact) mass is 398 g/mol. The van der Waals surface area contributed by atoms with E-state index >= 15 is 0 Å². The minimum absolute atomic E-state index is 0. The van der Waals surface area contributed by atoms with E-state index in [4.69, 9.17) is 10.8 Å². The lowest BCUT2D eigenvalue weighted by molar-refractivity contribution is 0.000437. The first kappa shape index (κ1) is 23.6. The van der Waals surface area contributed by atoms with Crippen LogP contribution in [0.5, 0.6) is 0 Å². The zero-order valence-electron chi connectivity index (χ0n) is 16.7. The maximum atomic E-state index is 9.86. The fourth-order valence-corrected chi connectivity index (χ4v) is 3.79. The Morgan fingerprint density at radius 2 is 1.17 bits per heavy atom. The third-order valence-corrected chi connectivity index (χ3v) is 6.05. The highest BCUT2D eigenvalue weighted by atomic mass is 16.3. The Morgan fingerprint density at radius 1 is 0.724 bits per heavy atom. The van der Waals surface area contributed by atoms with Gasteiger partial charge in [-0.1, -0.05) is 68.1 Å². The molecule has 2 aromatic carbocycles. The van der Waals surface area contributed by atoms with Crippen molar-refractivity contribution in [1.82, 2.24) is 4.90 Å². The zero-order chi connectivity index (χ0) is 19.8. The fourth-order valence-electron chi connectivity index (χ4n) is 3.79. The molecular weight excluding hydrogens is 360 g/mol. The number of aliphatic hydroxyl groups is 2. The SMILES string of the molecule is C.NCC1CCC1O.OC1CCC1CN(Cc1ccccc1)Cc1ccccc1. The number of benzene rings is 2. The van der Waals surface area contributed by atoms with Gasteiger partial charge in [-0.3, -0.25) is 4.90 Å². The van der Waals surface area contributed by atoms with E-state index in [1.54, 1.807) is 0 Å². The van der Waals surface area contributed by atoms with Crippen molar-refractivity contribution in [3.05, 3.63) is 71.8 Å². The summed E-state index contributed by atoms with van der Waals surface area (Å²) in [6.07, 6.45) is 4.03. The molecule has 4 N–H and O–H groups in total. The summed E-state index contributed by atoms with van der Waals surface area (Å²) in [6, 6.07) is 21.2. The lowest BCUT2D eigenvalue weighted by Crippen LogP contribution is -2.40. The lowest BCUT2D eigenvalue weighted by atomic mass is 9.81. The summed E-state index contributed by atoms with van der Waals surface area (Å²) in [5, 5.41) is 18.7. The minimum atomic E-state index is -0.0981. The number of hydrogen-bond donors (Lipinski definition) is 3. The summed E-state index contributed by atoms with van der Waals surface area (Å²) in [4.78, 5) is 2.46. The average molecular weight is 399 g/mol. The first-order chi connectivity index (χ1) is 13.7. The van der Waals surface area contributed by atoms with Gasteiger partial charge in [0.25, 0.3) is 0 Å². The van der Waals surface area contributed by atoms with E-state index in [-0.39, 0.29) is 19.6 Å². The predicted molar refractivity (Wildman–Crippen MR) is 120 cm³/mol. The van der Waals surface area contributed by atoms with E-state index in [0.717, 1.165) is 45.3 Å². The molecule has 0 bridgehead atoms. The standard InChI is InChI=1S/C19H23NO.C5H11NO.CH4/c21-19-12-11-18(19)15-20(13-16-7-3-1-4-8-16)14-17-9-5-2-6-10-17;6-3-4-1-2-5(4)7;/h1-10,18-19,21H,11-15H2;4-5,7H,1-3,6H2;1H4. The Bertz CT molecular complexity index is 636. The van der Waals surface area contributed by atoms with Crippen LogP contribution in [0.15, 0.2) is 60.7 Å². The molecule has 4 unspecified atom stereocenters. The number of rotatable bonds is 7. The van der Waals surface area contributed by atoms with E-state index in [9.17, 15) is 5.11 Å². The van der Waals surface area contributed by atoms with Gasteiger partial charge >= 0.3 is 0 Å². The molecule has 0 radical (unpaired) electrons. The third kappa shape index (κ3) is 7.23. The Morgan fingerprint density at radius 3 is 1.45 bits per heavy atom. The smallest absolute Gasteiger partial charge is 0.0580 e. The summed E-state index contributed by atoms with van der Waals surface area (Å²) in [5.74, 6) is 0.859. The van der Waals surface area contributed by atoms with Crippen molar-refractivity contribution >= 4 is 0 Å². The van der Waals surface area contributed by atoms with Crippen LogP contribution in [0.3, 0.4) is 0 Å². The molecule has 0 amide bonds. The van der Waals surface area contributed by atoms with Gasteiger partial charge in [-0.25, -0.2) is 0 Å². The highest BCUT2D eigenvalue weighted by Gasteiger charge is 2.30. The van der Waals surface area contributed by atoms with Crippen LogP contribution in [-0.4, -0.2) is 40.4 Å². The normalized spacial score (nSPS) is 25.1. The molecule has 2 aromatic rings. The Balaban J connectivity index is 0.000000319. The second-order valence-electron chi connectivity index (χ2n) is 8.19. The number of nitrogens with two attached hydrogens (primary N) is 1. The predicted octanol–water partition coefficient (Wildman–Crippen LogP) is 3.81. The highest BCUT2D eigenvalue weighted by Crippen LogP contribution is 2.29. The minimum Gasteiger partial charge on any atom is -0.393 e. The third-order valence-electron chi connectivity index (χ3n) is 6.05. The topological polar surface area (TPSA) is 69.7 Å². The van der Waals surface area contributed by atoms with E-state index in [1.807, 2.05) is 0 Å². The Labute approximate surface area is 176 Å². The van der Waals surface area contributed by atoms with Gasteiger partial charge in [0.05, 0.1) is 12.2 Å². The van der Waals surface area contributed by atoms with Gasteiger partial charge in [-0.2, -0.15) is 0 Å². The van der Waals surface area contributed by atoms with Gasteiger partial charge in [0.2, 0.25) is 0 Å². The molecule has 0 aliphatic heterocycles. The van der Waals surface area contributed by atoms with Crippen LogP contribution in [0.4, 0.5) is 0 Å². The molecule has 4 nitrogen and oxygen atoms in total. The largest absolute Gasteiger partial charge is 0.393 e. The van der Waals surface area contributed by atoms with Gasteiger partial charge in [-0.05, 0) is 55.2 Å². The first-order valence-electron chi connectivity index (χ1n) is 10.5. The van der Waals surface area contributed by atoms with Gasteiger partial charge in [0.15, 0.2) is 0 Å². The summed E-state index contributed by atoms with van der Waals surface area (Å²) in [5.41, 5.74) is 7.94. The van der Waals surface area contributed by atoms with Crippen molar-refractivity contribution in [2.75, 3.05) is 13.1 Å². The van der Waals surface area contributed by atoms with Crippen molar-refractivity contribution in [2.24, 2.45) is 17.6 Å². The van der Waals surface area contributed by atoms with Crippen molar-refractivity contribution < 1.29 is 10.2 Å². The van der Waals surface area contributed by atoms with Crippen LogP contribution in [0.25, 0.3) is 0 Å². The number of hydrogen-bond acceptors (Lipinski definition) is 4. The molecule has 0 saturated heterocycles. The molecule has 2 aliphatic carbocycles. The van der Waals surface area contributed by atoms with Gasteiger partial charge in [0, 0.05) is 19.6 Å². The molecule has 4 atom stereocenters. The molecule has 2 aliphatic rings.